The molecule has 6 nitrogen and oxygen atoms in total. The number of nitro groups is 1. The summed E-state index contributed by atoms with van der Waals surface area (Å²) < 4.78 is 2.80. The largest absolute Gasteiger partial charge is 0.338 e. The van der Waals surface area contributed by atoms with E-state index in [9.17, 15) is 10.1 Å². The summed E-state index contributed by atoms with van der Waals surface area (Å²) >= 11 is 3.33. The third kappa shape index (κ3) is 3.64. The maximum absolute atomic E-state index is 10.9. The van der Waals surface area contributed by atoms with Crippen LogP contribution in [0.5, 0.6) is 0 Å². The van der Waals surface area contributed by atoms with Gasteiger partial charge in [0.05, 0.1) is 4.92 Å². The van der Waals surface area contributed by atoms with Crippen molar-refractivity contribution in [3.05, 3.63) is 56.6 Å². The van der Waals surface area contributed by atoms with Gasteiger partial charge in [0.15, 0.2) is 0 Å². The average Bonchev–Trinajstić information content (AvgIpc) is 2.80. The first-order valence-electron chi connectivity index (χ1n) is 6.17. The van der Waals surface area contributed by atoms with Crippen LogP contribution in [0.4, 0.5) is 5.69 Å². The quantitative estimate of drug-likeness (QED) is 0.498. The Labute approximate surface area is 125 Å². The van der Waals surface area contributed by atoms with Gasteiger partial charge in [0.1, 0.15) is 5.82 Å². The van der Waals surface area contributed by atoms with Gasteiger partial charge in [-0.3, -0.25) is 10.1 Å². The van der Waals surface area contributed by atoms with E-state index in [1.807, 2.05) is 17.8 Å². The van der Waals surface area contributed by atoms with E-state index in [1.165, 1.54) is 6.07 Å². The van der Waals surface area contributed by atoms with Crippen molar-refractivity contribution >= 4 is 21.6 Å². The Hall–Kier alpha value is -1.73. The minimum absolute atomic E-state index is 0.137. The average molecular weight is 339 g/mol. The van der Waals surface area contributed by atoms with E-state index in [4.69, 9.17) is 0 Å². The SMILES string of the molecule is Cn1ccnc1CCNCc1cc(Br)ccc1[N+](=O)[O-]. The molecule has 0 saturated heterocycles. The van der Waals surface area contributed by atoms with E-state index in [0.29, 0.717) is 18.7 Å². The molecule has 1 aromatic heterocycles. The van der Waals surface area contributed by atoms with Crippen LogP contribution in [0, 0.1) is 10.1 Å². The van der Waals surface area contributed by atoms with Crippen molar-refractivity contribution in [2.75, 3.05) is 6.54 Å². The fourth-order valence-corrected chi connectivity index (χ4v) is 2.34. The van der Waals surface area contributed by atoms with E-state index < -0.39 is 0 Å². The minimum Gasteiger partial charge on any atom is -0.338 e. The van der Waals surface area contributed by atoms with Gasteiger partial charge in [0.2, 0.25) is 0 Å². The lowest BCUT2D eigenvalue weighted by Gasteiger charge is -2.06. The number of imidazole rings is 1. The van der Waals surface area contributed by atoms with Crippen LogP contribution in [0.3, 0.4) is 0 Å². The van der Waals surface area contributed by atoms with Crippen molar-refractivity contribution in [3.8, 4) is 0 Å². The summed E-state index contributed by atoms with van der Waals surface area (Å²) in [5.74, 6) is 0.987. The Morgan fingerprint density at radius 1 is 1.50 bits per heavy atom. The third-order valence-corrected chi connectivity index (χ3v) is 3.49. The van der Waals surface area contributed by atoms with Crippen molar-refractivity contribution in [1.82, 2.24) is 14.9 Å². The number of nitro benzene ring substituents is 1. The van der Waals surface area contributed by atoms with Gasteiger partial charge < -0.3 is 9.88 Å². The molecule has 0 bridgehead atoms. The second-order valence-corrected chi connectivity index (χ2v) is 5.33. The highest BCUT2D eigenvalue weighted by atomic mass is 79.9. The van der Waals surface area contributed by atoms with Gasteiger partial charge >= 0.3 is 0 Å². The molecule has 1 aromatic carbocycles. The molecule has 7 heteroatoms. The van der Waals surface area contributed by atoms with Crippen LogP contribution >= 0.6 is 15.9 Å². The Kier molecular flexibility index (Phi) is 4.86. The maximum atomic E-state index is 10.9. The molecule has 1 heterocycles. The van der Waals surface area contributed by atoms with Gasteiger partial charge in [0, 0.05) is 55.1 Å². The molecule has 0 aliphatic heterocycles. The summed E-state index contributed by atoms with van der Waals surface area (Å²) in [6.45, 7) is 1.18. The molecule has 2 rings (SSSR count). The van der Waals surface area contributed by atoms with E-state index >= 15 is 0 Å². The molecule has 0 aliphatic carbocycles. The topological polar surface area (TPSA) is 73.0 Å². The molecule has 0 aliphatic rings. The third-order valence-electron chi connectivity index (χ3n) is 3.00. The Balaban J connectivity index is 1.92. The number of nitrogens with one attached hydrogen (secondary N) is 1. The zero-order valence-corrected chi connectivity index (χ0v) is 12.6. The van der Waals surface area contributed by atoms with E-state index in [0.717, 1.165) is 16.7 Å². The highest BCUT2D eigenvalue weighted by molar-refractivity contribution is 9.10. The van der Waals surface area contributed by atoms with Gasteiger partial charge in [-0.25, -0.2) is 4.98 Å². The fraction of sp³-hybridized carbons (Fsp3) is 0.308. The molecule has 0 spiro atoms. The summed E-state index contributed by atoms with van der Waals surface area (Å²) in [5.41, 5.74) is 0.807. The van der Waals surface area contributed by atoms with E-state index in [2.05, 4.69) is 26.2 Å². The second-order valence-electron chi connectivity index (χ2n) is 4.41. The van der Waals surface area contributed by atoms with Crippen LogP contribution in [0.25, 0.3) is 0 Å². The van der Waals surface area contributed by atoms with Crippen molar-refractivity contribution in [2.45, 2.75) is 13.0 Å². The first-order chi connectivity index (χ1) is 9.58. The number of hydrogen-bond donors (Lipinski definition) is 1. The van der Waals surface area contributed by atoms with Crippen LogP contribution < -0.4 is 5.32 Å². The number of aromatic nitrogens is 2. The molecule has 0 radical (unpaired) electrons. The van der Waals surface area contributed by atoms with Gasteiger partial charge in [-0.05, 0) is 12.1 Å². The van der Waals surface area contributed by atoms with Gasteiger partial charge in [-0.15, -0.1) is 0 Å². The van der Waals surface area contributed by atoms with E-state index in [1.54, 1.807) is 18.3 Å². The predicted molar refractivity (Wildman–Crippen MR) is 79.4 cm³/mol. The number of rotatable bonds is 6. The van der Waals surface area contributed by atoms with Crippen LogP contribution in [-0.2, 0) is 20.0 Å². The fourth-order valence-electron chi connectivity index (χ4n) is 1.93. The maximum Gasteiger partial charge on any atom is 0.273 e. The predicted octanol–water partition coefficient (Wildman–Crippen LogP) is 2.42. The molecule has 0 saturated carbocycles. The molecule has 0 atom stereocenters. The van der Waals surface area contributed by atoms with Crippen molar-refractivity contribution in [3.63, 3.8) is 0 Å². The smallest absolute Gasteiger partial charge is 0.273 e. The molecular weight excluding hydrogens is 324 g/mol. The zero-order chi connectivity index (χ0) is 14.5. The number of benzene rings is 1. The second kappa shape index (κ2) is 6.62. The van der Waals surface area contributed by atoms with Crippen molar-refractivity contribution in [2.24, 2.45) is 7.05 Å². The normalized spacial score (nSPS) is 10.7. The lowest BCUT2D eigenvalue weighted by atomic mass is 10.2. The first-order valence-corrected chi connectivity index (χ1v) is 6.97. The Bertz CT molecular complexity index is 612. The number of halogens is 1. The van der Waals surface area contributed by atoms with Crippen LogP contribution in [0.2, 0.25) is 0 Å². The van der Waals surface area contributed by atoms with Gasteiger partial charge in [0.25, 0.3) is 5.69 Å². The lowest BCUT2D eigenvalue weighted by Crippen LogP contribution is -2.18. The summed E-state index contributed by atoms with van der Waals surface area (Å²) in [6, 6.07) is 4.96. The summed E-state index contributed by atoms with van der Waals surface area (Å²) in [5, 5.41) is 14.2. The zero-order valence-electron chi connectivity index (χ0n) is 11.0. The molecule has 20 heavy (non-hydrogen) atoms. The number of hydrogen-bond acceptors (Lipinski definition) is 4. The minimum atomic E-state index is -0.359. The molecule has 1 N–H and O–H groups in total. The first kappa shape index (κ1) is 14.7. The van der Waals surface area contributed by atoms with Crippen molar-refractivity contribution in [1.29, 1.82) is 0 Å². The highest BCUT2D eigenvalue weighted by Crippen LogP contribution is 2.22. The molecule has 106 valence electrons. The van der Waals surface area contributed by atoms with Crippen LogP contribution in [-0.4, -0.2) is 21.0 Å². The van der Waals surface area contributed by atoms with Gasteiger partial charge in [-0.2, -0.15) is 0 Å². The van der Waals surface area contributed by atoms with Gasteiger partial charge in [-0.1, -0.05) is 15.9 Å². The highest BCUT2D eigenvalue weighted by Gasteiger charge is 2.13. The molecule has 0 unspecified atom stereocenters. The Morgan fingerprint density at radius 2 is 2.30 bits per heavy atom. The standard InChI is InChI=1S/C13H15BrN4O2/c1-17-7-6-16-13(17)4-5-15-9-10-8-11(14)2-3-12(10)18(19)20/h2-3,6-8,15H,4-5,9H2,1H3. The molecule has 2 aromatic rings. The monoisotopic (exact) mass is 338 g/mol. The summed E-state index contributed by atoms with van der Waals surface area (Å²) in [4.78, 5) is 14.8. The Morgan fingerprint density at radius 3 is 2.95 bits per heavy atom. The van der Waals surface area contributed by atoms with Crippen LogP contribution in [0.1, 0.15) is 11.4 Å². The number of aryl methyl sites for hydroxylation is 1. The lowest BCUT2D eigenvalue weighted by molar-refractivity contribution is -0.385. The van der Waals surface area contributed by atoms with E-state index in [-0.39, 0.29) is 10.6 Å². The molecular formula is C13H15BrN4O2. The molecule has 0 amide bonds. The molecule has 0 fully saturated rings. The summed E-state index contributed by atoms with van der Waals surface area (Å²) in [6.07, 6.45) is 4.44. The van der Waals surface area contributed by atoms with Crippen molar-refractivity contribution < 1.29 is 4.92 Å². The summed E-state index contributed by atoms with van der Waals surface area (Å²) in [7, 11) is 1.95. The number of nitrogens with zero attached hydrogens (tertiary/aromatic N) is 3. The van der Waals surface area contributed by atoms with Crippen LogP contribution in [0.15, 0.2) is 35.1 Å².